The van der Waals surface area contributed by atoms with E-state index in [1.165, 1.54) is 0 Å². The number of benzene rings is 1. The van der Waals surface area contributed by atoms with Gasteiger partial charge in [-0.25, -0.2) is 4.98 Å². The van der Waals surface area contributed by atoms with E-state index in [4.69, 9.17) is 23.8 Å². The highest BCUT2D eigenvalue weighted by Gasteiger charge is 2.04. The van der Waals surface area contributed by atoms with Crippen molar-refractivity contribution in [1.29, 1.82) is 0 Å². The lowest BCUT2D eigenvalue weighted by molar-refractivity contribution is 0.895. The van der Waals surface area contributed by atoms with E-state index in [9.17, 15) is 0 Å². The average Bonchev–Trinajstić information content (AvgIpc) is 2.28. The molecule has 1 aromatic heterocycles. The van der Waals surface area contributed by atoms with Crippen molar-refractivity contribution in [2.75, 3.05) is 0 Å². The van der Waals surface area contributed by atoms with Gasteiger partial charge in [-0.1, -0.05) is 42.9 Å². The molecule has 1 aromatic carbocycles. The molecule has 2 nitrogen and oxygen atoms in total. The third-order valence-electron chi connectivity index (χ3n) is 2.89. The minimum absolute atomic E-state index is 0.700. The maximum atomic E-state index is 5.97. The molecule has 18 heavy (non-hydrogen) atoms. The monoisotopic (exact) mass is 278 g/mol. The Labute approximate surface area is 117 Å². The van der Waals surface area contributed by atoms with Crippen molar-refractivity contribution in [2.45, 2.75) is 26.7 Å². The van der Waals surface area contributed by atoms with Gasteiger partial charge in [0.05, 0.1) is 0 Å². The smallest absolute Gasteiger partial charge is 0.133 e. The number of nitrogens with one attached hydrogen (secondary N) is 1. The lowest BCUT2D eigenvalue weighted by Gasteiger charge is -2.07. The van der Waals surface area contributed by atoms with Crippen LogP contribution in [0.2, 0.25) is 5.02 Å². The molecule has 0 unspecified atom stereocenters. The molecule has 2 aromatic rings. The molecule has 0 radical (unpaired) electrons. The predicted molar refractivity (Wildman–Crippen MR) is 77.8 cm³/mol. The normalized spacial score (nSPS) is 10.6. The van der Waals surface area contributed by atoms with Crippen molar-refractivity contribution in [3.8, 4) is 0 Å². The van der Waals surface area contributed by atoms with E-state index in [1.807, 2.05) is 31.2 Å². The number of aromatic amines is 1. The van der Waals surface area contributed by atoms with Crippen molar-refractivity contribution >= 4 is 23.8 Å². The van der Waals surface area contributed by atoms with Crippen LogP contribution < -0.4 is 0 Å². The van der Waals surface area contributed by atoms with Crippen LogP contribution in [0, 0.1) is 11.6 Å². The van der Waals surface area contributed by atoms with Crippen LogP contribution in [0.1, 0.15) is 29.6 Å². The molecule has 0 aliphatic carbocycles. The lowest BCUT2D eigenvalue weighted by atomic mass is 10.1. The van der Waals surface area contributed by atoms with Gasteiger partial charge in [-0.3, -0.25) is 0 Å². The van der Waals surface area contributed by atoms with Crippen molar-refractivity contribution in [3.05, 3.63) is 56.6 Å². The van der Waals surface area contributed by atoms with E-state index in [2.05, 4.69) is 16.9 Å². The van der Waals surface area contributed by atoms with Gasteiger partial charge in [-0.15, -0.1) is 0 Å². The minimum atomic E-state index is 0.700. The zero-order valence-corrected chi connectivity index (χ0v) is 12.0. The molecular weight excluding hydrogens is 264 g/mol. The van der Waals surface area contributed by atoms with Gasteiger partial charge in [0, 0.05) is 22.7 Å². The van der Waals surface area contributed by atoms with Crippen LogP contribution in [-0.4, -0.2) is 9.97 Å². The molecule has 94 valence electrons. The van der Waals surface area contributed by atoms with E-state index in [0.717, 1.165) is 40.5 Å². The van der Waals surface area contributed by atoms with Crippen molar-refractivity contribution < 1.29 is 0 Å². The summed E-state index contributed by atoms with van der Waals surface area (Å²) >= 11 is 11.3. The fourth-order valence-electron chi connectivity index (χ4n) is 2.01. The Hall–Kier alpha value is -1.19. The Balaban J connectivity index is 2.33. The maximum Gasteiger partial charge on any atom is 0.133 e. The molecule has 0 spiro atoms. The SMILES string of the molecule is CCc1c(C)[nH]c(Cc2cccc(Cl)c2)nc1=S. The second-order valence-electron chi connectivity index (χ2n) is 4.25. The standard InChI is InChI=1S/C14H15ClN2S/c1-3-12-9(2)16-13(17-14(12)18)8-10-5-4-6-11(15)7-10/h4-7H,3,8H2,1-2H3,(H,16,17,18). The molecule has 0 amide bonds. The van der Waals surface area contributed by atoms with Crippen molar-refractivity contribution in [3.63, 3.8) is 0 Å². The highest BCUT2D eigenvalue weighted by molar-refractivity contribution is 7.71. The summed E-state index contributed by atoms with van der Waals surface area (Å²) in [6.45, 7) is 4.13. The fraction of sp³-hybridized carbons (Fsp3) is 0.286. The number of hydrogen-bond acceptors (Lipinski definition) is 2. The molecule has 1 heterocycles. The van der Waals surface area contributed by atoms with E-state index in [1.54, 1.807) is 0 Å². The van der Waals surface area contributed by atoms with Crippen LogP contribution >= 0.6 is 23.8 Å². The van der Waals surface area contributed by atoms with E-state index >= 15 is 0 Å². The highest BCUT2D eigenvalue weighted by atomic mass is 35.5. The van der Waals surface area contributed by atoms with Crippen molar-refractivity contribution in [2.24, 2.45) is 0 Å². The second kappa shape index (κ2) is 5.63. The first-order valence-electron chi connectivity index (χ1n) is 5.93. The van der Waals surface area contributed by atoms with E-state index in [0.29, 0.717) is 4.64 Å². The van der Waals surface area contributed by atoms with Crippen LogP contribution in [0.15, 0.2) is 24.3 Å². The van der Waals surface area contributed by atoms with Gasteiger partial charge < -0.3 is 4.98 Å². The van der Waals surface area contributed by atoms with Gasteiger partial charge in [-0.2, -0.15) is 0 Å². The summed E-state index contributed by atoms with van der Waals surface area (Å²) in [5, 5.41) is 0.744. The Morgan fingerprint density at radius 3 is 2.78 bits per heavy atom. The Morgan fingerprint density at radius 2 is 2.17 bits per heavy atom. The van der Waals surface area contributed by atoms with Crippen molar-refractivity contribution in [1.82, 2.24) is 9.97 Å². The molecule has 0 aliphatic rings. The third kappa shape index (κ3) is 2.98. The number of hydrogen-bond donors (Lipinski definition) is 1. The molecule has 2 rings (SSSR count). The van der Waals surface area contributed by atoms with Gasteiger partial charge >= 0.3 is 0 Å². The molecule has 4 heteroatoms. The molecular formula is C14H15ClN2S. The van der Waals surface area contributed by atoms with Crippen LogP contribution in [0.5, 0.6) is 0 Å². The number of aryl methyl sites for hydroxylation is 1. The Kier molecular flexibility index (Phi) is 4.15. The molecule has 0 atom stereocenters. The summed E-state index contributed by atoms with van der Waals surface area (Å²) in [5.74, 6) is 0.886. The second-order valence-corrected chi connectivity index (χ2v) is 5.08. The van der Waals surface area contributed by atoms with Gasteiger partial charge in [0.25, 0.3) is 0 Å². The molecule has 0 fully saturated rings. The van der Waals surface area contributed by atoms with Crippen LogP contribution in [0.25, 0.3) is 0 Å². The minimum Gasteiger partial charge on any atom is -0.347 e. The number of halogens is 1. The van der Waals surface area contributed by atoms with E-state index < -0.39 is 0 Å². The molecule has 0 bridgehead atoms. The first-order chi connectivity index (χ1) is 8.60. The average molecular weight is 279 g/mol. The van der Waals surface area contributed by atoms with Gasteiger partial charge in [-0.05, 0) is 31.0 Å². The summed E-state index contributed by atoms with van der Waals surface area (Å²) in [7, 11) is 0. The number of rotatable bonds is 3. The molecule has 0 aliphatic heterocycles. The highest BCUT2D eigenvalue weighted by Crippen LogP contribution is 2.14. The third-order valence-corrected chi connectivity index (χ3v) is 3.47. The zero-order chi connectivity index (χ0) is 13.1. The summed E-state index contributed by atoms with van der Waals surface area (Å²) in [5.41, 5.74) is 3.36. The van der Waals surface area contributed by atoms with Gasteiger partial charge in [0.2, 0.25) is 0 Å². The maximum absolute atomic E-state index is 5.97. The summed E-state index contributed by atoms with van der Waals surface area (Å²) in [4.78, 5) is 7.76. The van der Waals surface area contributed by atoms with Gasteiger partial charge in [0.1, 0.15) is 10.5 Å². The van der Waals surface area contributed by atoms with Gasteiger partial charge in [0.15, 0.2) is 0 Å². The summed E-state index contributed by atoms with van der Waals surface area (Å²) in [6, 6.07) is 7.79. The first-order valence-corrected chi connectivity index (χ1v) is 6.72. The quantitative estimate of drug-likeness (QED) is 0.850. The fourth-order valence-corrected chi connectivity index (χ4v) is 2.63. The first kappa shape index (κ1) is 13.2. The van der Waals surface area contributed by atoms with E-state index in [-0.39, 0.29) is 0 Å². The molecule has 1 N–H and O–H groups in total. The summed E-state index contributed by atoms with van der Waals surface area (Å²) in [6.07, 6.45) is 1.63. The summed E-state index contributed by atoms with van der Waals surface area (Å²) < 4.78 is 0.700. The number of aromatic nitrogens is 2. The number of nitrogens with zero attached hydrogens (tertiary/aromatic N) is 1. The number of H-pyrrole nitrogens is 1. The largest absolute Gasteiger partial charge is 0.347 e. The van der Waals surface area contributed by atoms with Crippen LogP contribution in [0.3, 0.4) is 0 Å². The predicted octanol–water partition coefficient (Wildman–Crippen LogP) is 4.25. The van der Waals surface area contributed by atoms with Crippen LogP contribution in [-0.2, 0) is 12.8 Å². The Morgan fingerprint density at radius 1 is 1.39 bits per heavy atom. The topological polar surface area (TPSA) is 28.7 Å². The molecule has 0 saturated heterocycles. The zero-order valence-electron chi connectivity index (χ0n) is 10.5. The molecule has 0 saturated carbocycles. The Bertz CT molecular complexity index is 619. The van der Waals surface area contributed by atoms with Crippen LogP contribution in [0.4, 0.5) is 0 Å². The lowest BCUT2D eigenvalue weighted by Crippen LogP contribution is -2.03.